The molecule has 0 saturated heterocycles. The fraction of sp³-hybridized carbons (Fsp3) is 0. The lowest BCUT2D eigenvalue weighted by Crippen LogP contribution is -1.94. The number of rotatable bonds is 3. The summed E-state index contributed by atoms with van der Waals surface area (Å²) in [5, 5.41) is 20.7. The van der Waals surface area contributed by atoms with Crippen LogP contribution in [0.1, 0.15) is 0 Å². The van der Waals surface area contributed by atoms with Gasteiger partial charge in [-0.25, -0.2) is 0 Å². The summed E-state index contributed by atoms with van der Waals surface area (Å²) in [6.45, 7) is 0. The quantitative estimate of drug-likeness (QED) is 0.123. The van der Waals surface area contributed by atoms with Gasteiger partial charge in [-0.2, -0.15) is 0 Å². The van der Waals surface area contributed by atoms with E-state index in [0.29, 0.717) is 0 Å². The van der Waals surface area contributed by atoms with Crippen molar-refractivity contribution in [2.45, 2.75) is 0 Å². The van der Waals surface area contributed by atoms with Gasteiger partial charge in [0, 0.05) is 40.3 Å². The van der Waals surface area contributed by atoms with Crippen molar-refractivity contribution in [1.29, 1.82) is 0 Å². The Balaban J connectivity index is 1.06. The van der Waals surface area contributed by atoms with Crippen LogP contribution in [-0.2, 0) is 0 Å². The van der Waals surface area contributed by atoms with E-state index in [1.165, 1.54) is 138 Å². The van der Waals surface area contributed by atoms with Crippen LogP contribution in [0.5, 0.6) is 0 Å². The van der Waals surface area contributed by atoms with Gasteiger partial charge in [-0.1, -0.05) is 170 Å². The number of hydrogen-bond acceptors (Lipinski definition) is 2. The second kappa shape index (κ2) is 13.1. The molecule has 0 aliphatic carbocycles. The first-order valence-electron chi connectivity index (χ1n) is 21.3. The maximum atomic E-state index is 2.48. The van der Waals surface area contributed by atoms with E-state index in [-0.39, 0.29) is 0 Å². The molecule has 0 unspecified atom stereocenters. The topological polar surface area (TPSA) is 0 Å². The van der Waals surface area contributed by atoms with E-state index >= 15 is 0 Å². The highest BCUT2D eigenvalue weighted by Gasteiger charge is 2.23. The molecule has 0 saturated carbocycles. The Morgan fingerprint density at radius 1 is 0.210 bits per heavy atom. The van der Waals surface area contributed by atoms with Crippen molar-refractivity contribution in [2.24, 2.45) is 0 Å². The number of benzene rings is 12. The van der Waals surface area contributed by atoms with Crippen LogP contribution in [-0.4, -0.2) is 0 Å². The van der Waals surface area contributed by atoms with Gasteiger partial charge in [0.1, 0.15) is 0 Å². The summed E-state index contributed by atoms with van der Waals surface area (Å²) in [4.78, 5) is 0. The van der Waals surface area contributed by atoms with E-state index in [4.69, 9.17) is 0 Å². The molecular weight excluding hydrogens is 785 g/mol. The highest BCUT2D eigenvalue weighted by atomic mass is 32.1. The zero-order valence-electron chi connectivity index (χ0n) is 33.4. The van der Waals surface area contributed by atoms with Crippen LogP contribution in [0.4, 0.5) is 0 Å². The SMILES string of the molecule is c1ccc2c(c1)ccc1c2ccc2sc3ccc(-c4c5ccccc5c(-c5c6ccccc6c(-c6ccc7sc8ccccc8c7c6)c6ccccc56)c5ccccc45)cc3c21. The molecule has 0 bridgehead atoms. The summed E-state index contributed by atoms with van der Waals surface area (Å²) in [6.07, 6.45) is 0. The molecule has 0 aliphatic heterocycles. The minimum Gasteiger partial charge on any atom is -0.135 e. The van der Waals surface area contributed by atoms with Crippen molar-refractivity contribution < 1.29 is 0 Å². The summed E-state index contributed by atoms with van der Waals surface area (Å²) in [5.41, 5.74) is 7.65. The molecule has 0 spiro atoms. The highest BCUT2D eigenvalue weighted by Crippen LogP contribution is 2.51. The van der Waals surface area contributed by atoms with Crippen LogP contribution < -0.4 is 0 Å². The fourth-order valence-electron chi connectivity index (χ4n) is 10.8. The molecule has 2 aromatic heterocycles. The molecule has 62 heavy (non-hydrogen) atoms. The van der Waals surface area contributed by atoms with E-state index in [0.717, 1.165) is 0 Å². The van der Waals surface area contributed by atoms with Gasteiger partial charge < -0.3 is 0 Å². The first-order chi connectivity index (χ1) is 30.8. The Kier molecular flexibility index (Phi) is 7.24. The lowest BCUT2D eigenvalue weighted by molar-refractivity contribution is 1.69. The minimum absolute atomic E-state index is 1.25. The van der Waals surface area contributed by atoms with Crippen LogP contribution in [0.15, 0.2) is 206 Å². The first-order valence-corrected chi connectivity index (χ1v) is 23.0. The zero-order chi connectivity index (χ0) is 40.5. The van der Waals surface area contributed by atoms with Crippen LogP contribution in [0.2, 0.25) is 0 Å². The van der Waals surface area contributed by atoms with Crippen LogP contribution >= 0.6 is 22.7 Å². The number of thiophene rings is 2. The molecule has 12 aromatic carbocycles. The molecule has 0 amide bonds. The van der Waals surface area contributed by atoms with E-state index in [2.05, 4.69) is 206 Å². The predicted molar refractivity (Wildman–Crippen MR) is 274 cm³/mol. The molecule has 0 fully saturated rings. The molecule has 14 rings (SSSR count). The molecule has 2 heteroatoms. The Hall–Kier alpha value is -7.36. The minimum atomic E-state index is 1.25. The molecule has 286 valence electrons. The molecule has 0 aliphatic rings. The van der Waals surface area contributed by atoms with Gasteiger partial charge in [0.2, 0.25) is 0 Å². The van der Waals surface area contributed by atoms with E-state index in [1.54, 1.807) is 0 Å². The van der Waals surface area contributed by atoms with Gasteiger partial charge >= 0.3 is 0 Å². The van der Waals surface area contributed by atoms with Gasteiger partial charge in [0.05, 0.1) is 0 Å². The maximum absolute atomic E-state index is 2.48. The standard InChI is InChI=1S/C60H34S2/c1-2-14-38-35(13-1)25-28-49-39(38)29-32-55-58(49)51-34-37(27-31-54(51)62-55)57-43-18-5-9-22-47(43)60(48-23-10-6-19-44(48)57)59-45-20-7-3-16-41(45)56(42-17-4-8-21-46(42)59)36-26-30-53-50(33-36)40-15-11-12-24-52(40)61-53/h1-34H. The average molecular weight is 819 g/mol. The maximum Gasteiger partial charge on any atom is 0.0361 e. The lowest BCUT2D eigenvalue weighted by atomic mass is 9.81. The summed E-state index contributed by atoms with van der Waals surface area (Å²) in [7, 11) is 0. The van der Waals surface area contributed by atoms with Gasteiger partial charge in [0.15, 0.2) is 0 Å². The lowest BCUT2D eigenvalue weighted by Gasteiger charge is -2.22. The molecule has 0 radical (unpaired) electrons. The summed E-state index contributed by atoms with van der Waals surface area (Å²) in [6, 6.07) is 77.6. The largest absolute Gasteiger partial charge is 0.135 e. The Labute approximate surface area is 365 Å². The third-order valence-corrected chi connectivity index (χ3v) is 15.7. The molecule has 0 N–H and O–H groups in total. The van der Waals surface area contributed by atoms with Crippen LogP contribution in [0, 0.1) is 0 Å². The number of fused-ring (bicyclic) bond motifs is 14. The summed E-state index contributed by atoms with van der Waals surface area (Å²) < 4.78 is 5.30. The van der Waals surface area contributed by atoms with Crippen molar-refractivity contribution in [3.05, 3.63) is 206 Å². The summed E-state index contributed by atoms with van der Waals surface area (Å²) in [5.74, 6) is 0. The van der Waals surface area contributed by atoms with E-state index < -0.39 is 0 Å². The average Bonchev–Trinajstić information content (AvgIpc) is 3.90. The van der Waals surface area contributed by atoms with Crippen molar-refractivity contribution >= 4 is 128 Å². The molecule has 0 nitrogen and oxygen atoms in total. The molecular formula is C60H34S2. The smallest absolute Gasteiger partial charge is 0.0361 e. The van der Waals surface area contributed by atoms with Crippen LogP contribution in [0.25, 0.3) is 138 Å². The van der Waals surface area contributed by atoms with Crippen molar-refractivity contribution in [3.8, 4) is 33.4 Å². The van der Waals surface area contributed by atoms with Gasteiger partial charge in [-0.15, -0.1) is 22.7 Å². The van der Waals surface area contributed by atoms with E-state index in [9.17, 15) is 0 Å². The van der Waals surface area contributed by atoms with Crippen molar-refractivity contribution in [3.63, 3.8) is 0 Å². The van der Waals surface area contributed by atoms with Crippen molar-refractivity contribution in [2.75, 3.05) is 0 Å². The Morgan fingerprint density at radius 3 is 1.16 bits per heavy atom. The Bertz CT molecular complexity index is 4110. The normalized spacial score (nSPS) is 12.2. The summed E-state index contributed by atoms with van der Waals surface area (Å²) >= 11 is 3.77. The second-order valence-electron chi connectivity index (χ2n) is 16.6. The van der Waals surface area contributed by atoms with Gasteiger partial charge in [-0.3, -0.25) is 0 Å². The van der Waals surface area contributed by atoms with Gasteiger partial charge in [0.25, 0.3) is 0 Å². The third kappa shape index (κ3) is 4.82. The first kappa shape index (κ1) is 34.4. The second-order valence-corrected chi connectivity index (χ2v) is 18.8. The van der Waals surface area contributed by atoms with Gasteiger partial charge in [-0.05, 0) is 134 Å². The molecule has 0 atom stereocenters. The molecule has 2 heterocycles. The van der Waals surface area contributed by atoms with Crippen LogP contribution in [0.3, 0.4) is 0 Å². The zero-order valence-corrected chi connectivity index (χ0v) is 35.1. The fourth-order valence-corrected chi connectivity index (χ4v) is 13.0. The predicted octanol–water partition coefficient (Wildman–Crippen LogP) is 18.3. The highest BCUT2D eigenvalue weighted by molar-refractivity contribution is 7.26. The monoisotopic (exact) mass is 818 g/mol. The Morgan fingerprint density at radius 2 is 0.597 bits per heavy atom. The molecule has 14 aromatic rings. The third-order valence-electron chi connectivity index (χ3n) is 13.4. The van der Waals surface area contributed by atoms with Crippen molar-refractivity contribution in [1.82, 2.24) is 0 Å². The van der Waals surface area contributed by atoms with E-state index in [1.807, 2.05) is 22.7 Å². The number of hydrogen-bond donors (Lipinski definition) is 0.